The van der Waals surface area contributed by atoms with Crippen molar-refractivity contribution in [2.75, 3.05) is 5.32 Å². The third-order valence-electron chi connectivity index (χ3n) is 5.29. The molecule has 0 unspecified atom stereocenters. The van der Waals surface area contributed by atoms with Crippen molar-refractivity contribution in [1.29, 1.82) is 0 Å². The Hall–Kier alpha value is -4.26. The number of aromatic nitrogens is 2. The van der Waals surface area contributed by atoms with Crippen molar-refractivity contribution in [3.8, 4) is 11.5 Å². The van der Waals surface area contributed by atoms with Crippen LogP contribution in [0.15, 0.2) is 74.3 Å². The summed E-state index contributed by atoms with van der Waals surface area (Å²) in [5.74, 6) is -0.409. The van der Waals surface area contributed by atoms with E-state index in [1.165, 1.54) is 6.07 Å². The van der Waals surface area contributed by atoms with Gasteiger partial charge in [-0.3, -0.25) is 10.1 Å². The van der Waals surface area contributed by atoms with Crippen LogP contribution in [0.2, 0.25) is 0 Å². The quantitative estimate of drug-likeness (QED) is 0.336. The summed E-state index contributed by atoms with van der Waals surface area (Å²) in [6.07, 6.45) is 0. The number of aryl methyl sites for hydroxylation is 2. The lowest BCUT2D eigenvalue weighted by Gasteiger charge is -2.05. The van der Waals surface area contributed by atoms with Gasteiger partial charge in [-0.25, -0.2) is 4.79 Å². The second-order valence-electron chi connectivity index (χ2n) is 7.31. The Kier molecular flexibility index (Phi) is 4.36. The van der Waals surface area contributed by atoms with E-state index in [1.54, 1.807) is 6.07 Å². The van der Waals surface area contributed by atoms with Gasteiger partial charge in [0.25, 0.3) is 5.91 Å². The van der Waals surface area contributed by atoms with E-state index in [1.807, 2.05) is 62.4 Å². The minimum Gasteiger partial charge on any atom is -0.422 e. The number of anilines is 1. The Morgan fingerprint density at radius 2 is 1.71 bits per heavy atom. The summed E-state index contributed by atoms with van der Waals surface area (Å²) in [5, 5.41) is 12.9. The largest absolute Gasteiger partial charge is 0.422 e. The molecule has 0 saturated carbocycles. The normalized spacial score (nSPS) is 11.2. The van der Waals surface area contributed by atoms with Gasteiger partial charge in [0.15, 0.2) is 0 Å². The van der Waals surface area contributed by atoms with E-state index in [4.69, 9.17) is 8.83 Å². The minimum absolute atomic E-state index is 0.101. The van der Waals surface area contributed by atoms with E-state index in [2.05, 4.69) is 15.5 Å². The highest BCUT2D eigenvalue weighted by atomic mass is 16.4. The predicted molar refractivity (Wildman–Crippen MR) is 117 cm³/mol. The van der Waals surface area contributed by atoms with Gasteiger partial charge in [0.2, 0.25) is 5.89 Å². The number of fused-ring (bicyclic) bond motifs is 3. The van der Waals surface area contributed by atoms with Gasteiger partial charge in [-0.15, -0.1) is 5.10 Å². The van der Waals surface area contributed by atoms with Crippen LogP contribution in [0.5, 0.6) is 0 Å². The molecule has 0 spiro atoms. The molecule has 1 N–H and O–H groups in total. The lowest BCUT2D eigenvalue weighted by Crippen LogP contribution is -2.20. The number of hydrogen-bond acceptors (Lipinski definition) is 6. The van der Waals surface area contributed by atoms with Crippen LogP contribution in [0.1, 0.15) is 21.5 Å². The molecule has 0 aliphatic rings. The van der Waals surface area contributed by atoms with Crippen LogP contribution in [-0.4, -0.2) is 16.1 Å². The summed E-state index contributed by atoms with van der Waals surface area (Å²) in [5.41, 5.74) is 2.50. The van der Waals surface area contributed by atoms with Crippen LogP contribution in [-0.2, 0) is 0 Å². The Bertz CT molecular complexity index is 1530. The average molecular weight is 411 g/mol. The van der Waals surface area contributed by atoms with Gasteiger partial charge >= 0.3 is 11.6 Å². The molecule has 7 nitrogen and oxygen atoms in total. The Labute approximate surface area is 176 Å². The maximum absolute atomic E-state index is 12.8. The van der Waals surface area contributed by atoms with E-state index in [9.17, 15) is 9.59 Å². The number of benzene rings is 3. The Balaban J connectivity index is 1.48. The second-order valence-corrected chi connectivity index (χ2v) is 7.31. The van der Waals surface area contributed by atoms with Gasteiger partial charge in [0.1, 0.15) is 11.1 Å². The van der Waals surface area contributed by atoms with Crippen molar-refractivity contribution in [2.45, 2.75) is 13.8 Å². The highest BCUT2D eigenvalue weighted by Gasteiger charge is 2.18. The monoisotopic (exact) mass is 411 g/mol. The van der Waals surface area contributed by atoms with Crippen LogP contribution in [0.3, 0.4) is 0 Å². The van der Waals surface area contributed by atoms with Crippen molar-refractivity contribution in [2.24, 2.45) is 0 Å². The first-order valence-corrected chi connectivity index (χ1v) is 9.68. The van der Waals surface area contributed by atoms with Crippen LogP contribution in [0.4, 0.5) is 6.01 Å². The first kappa shape index (κ1) is 18.7. The molecular formula is C24H17N3O4. The minimum atomic E-state index is -0.742. The highest BCUT2D eigenvalue weighted by molar-refractivity contribution is 6.10. The zero-order valence-corrected chi connectivity index (χ0v) is 16.8. The highest BCUT2D eigenvalue weighted by Crippen LogP contribution is 2.26. The summed E-state index contributed by atoms with van der Waals surface area (Å²) in [4.78, 5) is 25.2. The van der Waals surface area contributed by atoms with Gasteiger partial charge < -0.3 is 8.83 Å². The number of rotatable bonds is 3. The van der Waals surface area contributed by atoms with Crippen molar-refractivity contribution < 1.29 is 13.6 Å². The molecule has 2 aromatic heterocycles. The molecule has 3 aromatic carbocycles. The molecule has 152 valence electrons. The fraction of sp³-hybridized carbons (Fsp3) is 0.0833. The molecule has 2 heterocycles. The molecule has 0 aliphatic carbocycles. The number of hydrogen-bond donors (Lipinski definition) is 1. The molecule has 7 heteroatoms. The smallest absolute Gasteiger partial charge is 0.349 e. The molecule has 0 bridgehead atoms. The fourth-order valence-corrected chi connectivity index (χ4v) is 3.46. The summed E-state index contributed by atoms with van der Waals surface area (Å²) in [6.45, 7) is 4.00. The molecule has 5 aromatic rings. The predicted octanol–water partition coefficient (Wildman–Crippen LogP) is 4.87. The van der Waals surface area contributed by atoms with E-state index in [0.717, 1.165) is 27.5 Å². The van der Waals surface area contributed by atoms with Crippen molar-refractivity contribution >= 4 is 33.7 Å². The molecular weight excluding hydrogens is 394 g/mol. The van der Waals surface area contributed by atoms with Gasteiger partial charge in [0, 0.05) is 10.9 Å². The molecule has 1 amide bonds. The summed E-state index contributed by atoms with van der Waals surface area (Å²) in [6, 6.07) is 18.4. The van der Waals surface area contributed by atoms with Crippen LogP contribution in [0, 0.1) is 13.8 Å². The molecule has 0 atom stereocenters. The number of nitrogens with zero attached hydrogens (tertiary/aromatic N) is 2. The summed E-state index contributed by atoms with van der Waals surface area (Å²) in [7, 11) is 0. The number of carbonyl (C=O) groups is 1. The number of carbonyl (C=O) groups excluding carboxylic acids is 1. The number of nitrogens with one attached hydrogen (secondary N) is 1. The van der Waals surface area contributed by atoms with Crippen LogP contribution in [0.25, 0.3) is 33.2 Å². The lowest BCUT2D eigenvalue weighted by atomic mass is 10.0. The summed E-state index contributed by atoms with van der Waals surface area (Å²) >= 11 is 0. The Morgan fingerprint density at radius 1 is 0.871 bits per heavy atom. The molecule has 0 aliphatic heterocycles. The van der Waals surface area contributed by atoms with Crippen molar-refractivity contribution in [1.82, 2.24) is 10.2 Å². The van der Waals surface area contributed by atoms with Crippen molar-refractivity contribution in [3.05, 3.63) is 87.8 Å². The molecule has 5 rings (SSSR count). The fourth-order valence-electron chi connectivity index (χ4n) is 3.46. The molecule has 0 saturated heterocycles. The Morgan fingerprint density at radius 3 is 2.55 bits per heavy atom. The van der Waals surface area contributed by atoms with E-state index < -0.39 is 11.5 Å². The topological polar surface area (TPSA) is 98.2 Å². The van der Waals surface area contributed by atoms with Gasteiger partial charge in [-0.05, 0) is 60.0 Å². The molecule has 0 radical (unpaired) electrons. The first-order valence-electron chi connectivity index (χ1n) is 9.68. The molecule has 0 fully saturated rings. The SMILES string of the molecule is Cc1ccc(-c2nnc(NC(=O)c3cc4c(ccc5ccccc54)oc3=O)o2)cc1C. The van der Waals surface area contributed by atoms with Gasteiger partial charge in [0.05, 0.1) is 0 Å². The zero-order valence-electron chi connectivity index (χ0n) is 16.8. The second kappa shape index (κ2) is 7.21. The van der Waals surface area contributed by atoms with E-state index >= 15 is 0 Å². The molecule has 31 heavy (non-hydrogen) atoms. The summed E-state index contributed by atoms with van der Waals surface area (Å²) < 4.78 is 10.9. The average Bonchev–Trinajstić information content (AvgIpc) is 3.23. The van der Waals surface area contributed by atoms with E-state index in [-0.39, 0.29) is 17.5 Å². The standard InChI is InChI=1S/C24H17N3O4/c1-13-7-8-16(11-14(13)2)22-26-27-24(31-22)25-21(28)19-12-18-17-6-4-3-5-15(17)9-10-20(18)30-23(19)29/h3-12H,1-2H3,(H,25,27,28). The van der Waals surface area contributed by atoms with Crippen LogP contribution >= 0.6 is 0 Å². The third-order valence-corrected chi connectivity index (χ3v) is 5.29. The first-order chi connectivity index (χ1) is 15.0. The zero-order chi connectivity index (χ0) is 21.5. The maximum Gasteiger partial charge on any atom is 0.349 e. The lowest BCUT2D eigenvalue weighted by molar-refractivity contribution is 0.102. The van der Waals surface area contributed by atoms with Crippen LogP contribution < -0.4 is 10.9 Å². The third kappa shape index (κ3) is 3.36. The van der Waals surface area contributed by atoms with Gasteiger partial charge in [-0.1, -0.05) is 41.5 Å². The number of amides is 1. The van der Waals surface area contributed by atoms with E-state index in [0.29, 0.717) is 11.0 Å². The maximum atomic E-state index is 12.8. The van der Waals surface area contributed by atoms with Gasteiger partial charge in [-0.2, -0.15) is 0 Å². The van der Waals surface area contributed by atoms with Crippen molar-refractivity contribution in [3.63, 3.8) is 0 Å².